The van der Waals surface area contributed by atoms with Crippen molar-refractivity contribution in [2.24, 2.45) is 0 Å². The van der Waals surface area contributed by atoms with E-state index in [4.69, 9.17) is 14.2 Å². The van der Waals surface area contributed by atoms with E-state index in [2.05, 4.69) is 33.5 Å². The van der Waals surface area contributed by atoms with Crippen LogP contribution in [-0.2, 0) is 31.4 Å². The quantitative estimate of drug-likeness (QED) is 0.0608. The first-order valence-electron chi connectivity index (χ1n) is 20.7. The molecule has 4 unspecified atom stereocenters. The Bertz CT molecular complexity index is 1730. The highest BCUT2D eigenvalue weighted by molar-refractivity contribution is 5.90. The number of unbranched alkanes of at least 4 members (excludes halogenated alkanes) is 9. The number of halogens is 6. The van der Waals surface area contributed by atoms with Crippen LogP contribution in [0, 0.1) is 0 Å². The SMILES string of the molecule is CCCCCCCCCCCCC(=O)N[C@H]1C(CO)OCC(NC(=O)Nc2cccc(C(F)(F)F)c2)[C@H]1O[C@@H]1OC(CO)[C@@H](O)[C@H](O)C1NC(=O)Nc1cccc(C(F)(F)F)c1. The Morgan fingerprint density at radius 2 is 1.21 bits per heavy atom. The molecule has 0 saturated carbocycles. The normalized spacial score (nSPS) is 25.4. The summed E-state index contributed by atoms with van der Waals surface area (Å²) in [5, 5.41) is 54.4. The second-order valence-electron chi connectivity index (χ2n) is 15.4. The zero-order chi connectivity index (χ0) is 45.5. The fourth-order valence-corrected chi connectivity index (χ4v) is 7.27. The number of benzene rings is 2. The number of carbonyl (C=O) groups is 3. The number of hydrogen-bond donors (Lipinski definition) is 9. The summed E-state index contributed by atoms with van der Waals surface area (Å²) in [4.78, 5) is 39.9. The van der Waals surface area contributed by atoms with Crippen molar-refractivity contribution in [1.82, 2.24) is 16.0 Å². The summed E-state index contributed by atoms with van der Waals surface area (Å²) in [6, 6.07) is 0.845. The summed E-state index contributed by atoms with van der Waals surface area (Å²) in [6.07, 6.45) is -9.13. The fraction of sp³-hybridized carbons (Fsp3) is 0.634. The van der Waals surface area contributed by atoms with Crippen molar-refractivity contribution in [2.45, 2.75) is 145 Å². The zero-order valence-corrected chi connectivity index (χ0v) is 34.2. The molecule has 0 bridgehead atoms. The van der Waals surface area contributed by atoms with Crippen molar-refractivity contribution in [3.63, 3.8) is 0 Å². The molecule has 0 aliphatic carbocycles. The van der Waals surface area contributed by atoms with Crippen molar-refractivity contribution in [2.75, 3.05) is 30.5 Å². The number of carbonyl (C=O) groups excluding carboxylic acids is 3. The fourth-order valence-electron chi connectivity index (χ4n) is 7.27. The summed E-state index contributed by atoms with van der Waals surface area (Å²) in [5.74, 6) is -0.498. The van der Waals surface area contributed by atoms with Gasteiger partial charge in [0, 0.05) is 17.8 Å². The molecule has 4 rings (SSSR count). The first-order valence-corrected chi connectivity index (χ1v) is 20.7. The van der Waals surface area contributed by atoms with Crippen molar-refractivity contribution in [3.8, 4) is 0 Å². The van der Waals surface area contributed by atoms with Crippen LogP contribution in [0.5, 0.6) is 0 Å². The summed E-state index contributed by atoms with van der Waals surface area (Å²) >= 11 is 0. The number of anilines is 2. The molecule has 2 aliphatic rings. The molecule has 0 radical (unpaired) electrons. The number of ether oxygens (including phenoxy) is 3. The van der Waals surface area contributed by atoms with Crippen molar-refractivity contribution >= 4 is 29.3 Å². The molecule has 2 aromatic carbocycles. The Morgan fingerprint density at radius 1 is 0.694 bits per heavy atom. The van der Waals surface area contributed by atoms with Gasteiger partial charge in [-0.1, -0.05) is 76.8 Å². The highest BCUT2D eigenvalue weighted by atomic mass is 19.4. The van der Waals surface area contributed by atoms with Crippen LogP contribution in [0.3, 0.4) is 0 Å². The summed E-state index contributed by atoms with van der Waals surface area (Å²) in [6.45, 7) is 0.153. The lowest BCUT2D eigenvalue weighted by Gasteiger charge is -2.47. The molecule has 62 heavy (non-hydrogen) atoms. The molecule has 21 heteroatoms. The van der Waals surface area contributed by atoms with Gasteiger partial charge in [-0.05, 0) is 42.8 Å². The largest absolute Gasteiger partial charge is 0.416 e. The zero-order valence-electron chi connectivity index (χ0n) is 34.2. The second kappa shape index (κ2) is 24.0. The minimum atomic E-state index is -4.74. The number of rotatable bonds is 20. The molecule has 5 amide bonds. The van der Waals surface area contributed by atoms with E-state index in [0.717, 1.165) is 68.9 Å². The maximum Gasteiger partial charge on any atom is 0.416 e. The third-order valence-electron chi connectivity index (χ3n) is 10.6. The second-order valence-corrected chi connectivity index (χ2v) is 15.4. The van der Waals surface area contributed by atoms with Crippen LogP contribution >= 0.6 is 0 Å². The van der Waals surface area contributed by atoms with Crippen LogP contribution in [0.4, 0.5) is 47.3 Å². The standard InChI is InChI=1S/C41H57F6N5O10/c1-2-3-4-5-6-7-8-9-10-11-18-31(55)51-32-29(21-53)60-23-28(50-38(58)48-26-16-12-14-24(19-26)40(42,43)44)36(32)62-37-33(35(57)34(56)30(22-54)61-37)52-39(59)49-27-17-13-15-25(20-27)41(45,46)47/h12-17,19-20,28-30,32-37,53-54,56-57H,2-11,18,21-23H2,1H3,(H,51,55)(H2,48,50,58)(H2,49,52,59)/t28?,29?,30?,32-,33?,34+,35+,36+,37-/m0/s1. The van der Waals surface area contributed by atoms with Gasteiger partial charge in [0.25, 0.3) is 0 Å². The maximum atomic E-state index is 13.4. The molecule has 2 aromatic rings. The van der Waals surface area contributed by atoms with E-state index in [9.17, 15) is 61.2 Å². The van der Waals surface area contributed by atoms with Crippen LogP contribution in [0.25, 0.3) is 0 Å². The lowest BCUT2D eigenvalue weighted by molar-refractivity contribution is -0.293. The van der Waals surface area contributed by atoms with Crippen molar-refractivity contribution < 1.29 is 75.4 Å². The lowest BCUT2D eigenvalue weighted by Crippen LogP contribution is -2.70. The Morgan fingerprint density at radius 3 is 1.73 bits per heavy atom. The minimum Gasteiger partial charge on any atom is -0.394 e. The predicted octanol–water partition coefficient (Wildman–Crippen LogP) is 5.42. The van der Waals surface area contributed by atoms with E-state index in [1.807, 2.05) is 0 Å². The number of amides is 5. The van der Waals surface area contributed by atoms with Gasteiger partial charge in [-0.3, -0.25) is 4.79 Å². The summed E-state index contributed by atoms with van der Waals surface area (Å²) in [7, 11) is 0. The van der Waals surface area contributed by atoms with Gasteiger partial charge in [-0.2, -0.15) is 26.3 Å². The Hall–Kier alpha value is -4.25. The number of alkyl halides is 6. The van der Waals surface area contributed by atoms with Crippen LogP contribution in [0.1, 0.15) is 88.7 Å². The van der Waals surface area contributed by atoms with E-state index in [0.29, 0.717) is 18.6 Å². The molecule has 9 atom stereocenters. The van der Waals surface area contributed by atoms with Gasteiger partial charge in [-0.25, -0.2) is 9.59 Å². The molecule has 2 fully saturated rings. The molecule has 2 saturated heterocycles. The van der Waals surface area contributed by atoms with E-state index in [1.54, 1.807) is 0 Å². The van der Waals surface area contributed by atoms with Crippen LogP contribution < -0.4 is 26.6 Å². The van der Waals surface area contributed by atoms with Gasteiger partial charge in [0.1, 0.15) is 36.6 Å². The third-order valence-corrected chi connectivity index (χ3v) is 10.6. The van der Waals surface area contributed by atoms with E-state index < -0.39 is 116 Å². The molecular formula is C41H57F6N5O10. The predicted molar refractivity (Wildman–Crippen MR) is 213 cm³/mol. The average Bonchev–Trinajstić information content (AvgIpc) is 3.21. The Kier molecular flexibility index (Phi) is 19.5. The van der Waals surface area contributed by atoms with Crippen LogP contribution in [-0.4, -0.2) is 113 Å². The van der Waals surface area contributed by atoms with Gasteiger partial charge >= 0.3 is 24.4 Å². The van der Waals surface area contributed by atoms with Gasteiger partial charge < -0.3 is 61.2 Å². The van der Waals surface area contributed by atoms with Crippen molar-refractivity contribution in [1.29, 1.82) is 0 Å². The third kappa shape index (κ3) is 15.2. The van der Waals surface area contributed by atoms with E-state index >= 15 is 0 Å². The minimum absolute atomic E-state index is 0.0449. The highest BCUT2D eigenvalue weighted by Gasteiger charge is 2.50. The maximum absolute atomic E-state index is 13.4. The number of hydrogen-bond acceptors (Lipinski definition) is 10. The number of urea groups is 2. The van der Waals surface area contributed by atoms with Gasteiger partial charge in [-0.15, -0.1) is 0 Å². The topological polar surface area (TPSA) is 220 Å². The first-order chi connectivity index (χ1) is 29.4. The van der Waals surface area contributed by atoms with E-state index in [1.165, 1.54) is 25.3 Å². The monoisotopic (exact) mass is 893 g/mol. The molecule has 9 N–H and O–H groups in total. The summed E-state index contributed by atoms with van der Waals surface area (Å²) in [5.41, 5.74) is -2.66. The lowest BCUT2D eigenvalue weighted by atomic mass is 9.93. The Labute approximate surface area is 355 Å². The number of aliphatic hydroxyl groups excluding tert-OH is 4. The molecule has 2 aliphatic heterocycles. The molecular weight excluding hydrogens is 836 g/mol. The average molecular weight is 894 g/mol. The first kappa shape index (κ1) is 50.4. The highest BCUT2D eigenvalue weighted by Crippen LogP contribution is 2.33. The van der Waals surface area contributed by atoms with Gasteiger partial charge in [0.2, 0.25) is 5.91 Å². The van der Waals surface area contributed by atoms with Crippen LogP contribution in [0.2, 0.25) is 0 Å². The van der Waals surface area contributed by atoms with Crippen molar-refractivity contribution in [3.05, 3.63) is 59.7 Å². The molecule has 2 heterocycles. The Balaban J connectivity index is 1.56. The number of aliphatic hydroxyl groups is 4. The number of nitrogens with one attached hydrogen (secondary N) is 5. The molecule has 0 spiro atoms. The molecule has 15 nitrogen and oxygen atoms in total. The van der Waals surface area contributed by atoms with Crippen LogP contribution in [0.15, 0.2) is 48.5 Å². The summed E-state index contributed by atoms with van der Waals surface area (Å²) < 4.78 is 98.1. The smallest absolute Gasteiger partial charge is 0.394 e. The van der Waals surface area contributed by atoms with Gasteiger partial charge in [0.15, 0.2) is 6.29 Å². The van der Waals surface area contributed by atoms with Gasteiger partial charge in [0.05, 0.1) is 43.0 Å². The molecule has 0 aromatic heterocycles. The molecule has 348 valence electrons. The van der Waals surface area contributed by atoms with E-state index in [-0.39, 0.29) is 17.8 Å².